The Kier molecular flexibility index (Phi) is 10.8. The molecule has 0 fully saturated rings. The van der Waals surface area contributed by atoms with E-state index < -0.39 is 0 Å². The molecule has 0 aromatic rings. The lowest BCUT2D eigenvalue weighted by Crippen LogP contribution is -2.31. The quantitative estimate of drug-likeness (QED) is 0.499. The van der Waals surface area contributed by atoms with Crippen LogP contribution in [0.25, 0.3) is 0 Å². The second kappa shape index (κ2) is 12.6. The first-order chi connectivity index (χ1) is 10.3. The third-order valence-electron chi connectivity index (χ3n) is 3.12. The molecule has 6 heteroatoms. The van der Waals surface area contributed by atoms with Crippen LogP contribution in [0.1, 0.15) is 32.1 Å². The van der Waals surface area contributed by atoms with Gasteiger partial charge in [0.05, 0.1) is 26.4 Å². The Morgan fingerprint density at radius 1 is 1.14 bits per heavy atom. The Bertz CT molecular complexity index is 297. The standard InChI is InChI=1S/C15H28N2O4/c16-8-10-19-12-13-20-11-9-17-15(18)21-14-6-4-2-1-3-5-7-14/h4,6,14H,1-3,5,7-13,16H2,(H,17,18)/b6-4+. The Morgan fingerprint density at radius 3 is 2.76 bits per heavy atom. The number of rotatable bonds is 9. The van der Waals surface area contributed by atoms with E-state index in [0.29, 0.717) is 39.5 Å². The van der Waals surface area contributed by atoms with E-state index in [1.807, 2.05) is 6.08 Å². The molecule has 122 valence electrons. The summed E-state index contributed by atoms with van der Waals surface area (Å²) in [6, 6.07) is 0. The van der Waals surface area contributed by atoms with Gasteiger partial charge < -0.3 is 25.3 Å². The Morgan fingerprint density at radius 2 is 1.95 bits per heavy atom. The predicted octanol–water partition coefficient (Wildman–Crippen LogP) is 1.59. The summed E-state index contributed by atoms with van der Waals surface area (Å²) in [6.07, 6.45) is 9.11. The van der Waals surface area contributed by atoms with Gasteiger partial charge in [-0.1, -0.05) is 12.5 Å². The van der Waals surface area contributed by atoms with Gasteiger partial charge in [-0.25, -0.2) is 4.79 Å². The number of carbonyl (C=O) groups is 1. The highest BCUT2D eigenvalue weighted by molar-refractivity contribution is 5.67. The molecule has 1 rings (SSSR count). The third kappa shape index (κ3) is 10.3. The van der Waals surface area contributed by atoms with Crippen LogP contribution in [0.5, 0.6) is 0 Å². The molecule has 0 aromatic carbocycles. The van der Waals surface area contributed by atoms with Crippen molar-refractivity contribution in [2.45, 2.75) is 38.2 Å². The molecule has 1 amide bonds. The third-order valence-corrected chi connectivity index (χ3v) is 3.12. The van der Waals surface area contributed by atoms with Crippen molar-refractivity contribution in [1.82, 2.24) is 5.32 Å². The molecule has 3 N–H and O–H groups in total. The van der Waals surface area contributed by atoms with Crippen LogP contribution in [0.2, 0.25) is 0 Å². The number of hydrogen-bond acceptors (Lipinski definition) is 5. The molecule has 0 heterocycles. The number of hydrogen-bond donors (Lipinski definition) is 2. The van der Waals surface area contributed by atoms with Crippen molar-refractivity contribution in [3.63, 3.8) is 0 Å². The lowest BCUT2D eigenvalue weighted by Gasteiger charge is -2.16. The zero-order chi connectivity index (χ0) is 15.2. The maximum Gasteiger partial charge on any atom is 0.407 e. The Balaban J connectivity index is 1.99. The minimum atomic E-state index is -0.381. The van der Waals surface area contributed by atoms with Crippen molar-refractivity contribution in [2.75, 3.05) is 39.5 Å². The van der Waals surface area contributed by atoms with E-state index >= 15 is 0 Å². The first kappa shape index (κ1) is 17.9. The Labute approximate surface area is 127 Å². The van der Waals surface area contributed by atoms with E-state index in [0.717, 1.165) is 19.3 Å². The van der Waals surface area contributed by atoms with Crippen LogP contribution < -0.4 is 11.1 Å². The number of nitrogens with two attached hydrogens (primary N) is 1. The molecule has 1 unspecified atom stereocenters. The highest BCUT2D eigenvalue weighted by atomic mass is 16.6. The van der Waals surface area contributed by atoms with E-state index in [1.165, 1.54) is 12.8 Å². The van der Waals surface area contributed by atoms with Gasteiger partial charge in [-0.2, -0.15) is 0 Å². The minimum absolute atomic E-state index is 0.101. The molecule has 0 radical (unpaired) electrons. The number of amides is 1. The summed E-state index contributed by atoms with van der Waals surface area (Å²) in [4.78, 5) is 11.6. The molecule has 1 aliphatic carbocycles. The van der Waals surface area contributed by atoms with Gasteiger partial charge in [0, 0.05) is 13.1 Å². The maximum atomic E-state index is 11.6. The number of carbonyl (C=O) groups excluding carboxylic acids is 1. The topological polar surface area (TPSA) is 82.8 Å². The highest BCUT2D eigenvalue weighted by Gasteiger charge is 2.11. The van der Waals surface area contributed by atoms with Crippen LogP contribution in [-0.4, -0.2) is 51.7 Å². The maximum absolute atomic E-state index is 11.6. The SMILES string of the molecule is NCCOCCOCCNC(=O)OC1/C=C/CCCCC1. The van der Waals surface area contributed by atoms with Crippen LogP contribution in [-0.2, 0) is 14.2 Å². The number of allylic oxidation sites excluding steroid dienone is 1. The number of nitrogens with one attached hydrogen (secondary N) is 1. The summed E-state index contributed by atoms with van der Waals surface area (Å²) in [7, 11) is 0. The molecule has 0 spiro atoms. The zero-order valence-corrected chi connectivity index (χ0v) is 12.7. The smallest absolute Gasteiger partial charge is 0.407 e. The first-order valence-corrected chi connectivity index (χ1v) is 7.79. The lowest BCUT2D eigenvalue weighted by molar-refractivity contribution is 0.0505. The van der Waals surface area contributed by atoms with Gasteiger partial charge in [-0.15, -0.1) is 0 Å². The van der Waals surface area contributed by atoms with Gasteiger partial charge in [0.25, 0.3) is 0 Å². The Hall–Kier alpha value is -1.11. The lowest BCUT2D eigenvalue weighted by atomic mass is 10.0. The fourth-order valence-electron chi connectivity index (χ4n) is 2.04. The molecule has 0 bridgehead atoms. The van der Waals surface area contributed by atoms with E-state index in [2.05, 4.69) is 11.4 Å². The summed E-state index contributed by atoms with van der Waals surface area (Å²) < 4.78 is 15.8. The summed E-state index contributed by atoms with van der Waals surface area (Å²) in [5.41, 5.74) is 5.29. The van der Waals surface area contributed by atoms with E-state index in [-0.39, 0.29) is 12.2 Å². The largest absolute Gasteiger partial charge is 0.442 e. The van der Waals surface area contributed by atoms with Crippen molar-refractivity contribution in [2.24, 2.45) is 5.73 Å². The zero-order valence-electron chi connectivity index (χ0n) is 12.7. The minimum Gasteiger partial charge on any atom is -0.442 e. The van der Waals surface area contributed by atoms with Crippen LogP contribution in [0.4, 0.5) is 4.79 Å². The summed E-state index contributed by atoms with van der Waals surface area (Å²) >= 11 is 0. The average molecular weight is 300 g/mol. The van der Waals surface area contributed by atoms with Gasteiger partial charge in [0.1, 0.15) is 6.10 Å². The number of alkyl carbamates (subject to hydrolysis) is 1. The molecule has 1 atom stereocenters. The van der Waals surface area contributed by atoms with Crippen molar-refractivity contribution >= 4 is 6.09 Å². The molecular formula is C15H28N2O4. The summed E-state index contributed by atoms with van der Waals surface area (Å²) in [6.45, 7) is 2.97. The van der Waals surface area contributed by atoms with Gasteiger partial charge in [0.15, 0.2) is 0 Å². The van der Waals surface area contributed by atoms with Crippen molar-refractivity contribution < 1.29 is 19.0 Å². The van der Waals surface area contributed by atoms with Gasteiger partial charge in [0.2, 0.25) is 0 Å². The molecular weight excluding hydrogens is 272 g/mol. The van der Waals surface area contributed by atoms with Gasteiger partial charge >= 0.3 is 6.09 Å². The van der Waals surface area contributed by atoms with Gasteiger partial charge in [-0.05, 0) is 31.8 Å². The van der Waals surface area contributed by atoms with Crippen LogP contribution >= 0.6 is 0 Å². The van der Waals surface area contributed by atoms with Gasteiger partial charge in [-0.3, -0.25) is 0 Å². The normalized spacial score (nSPS) is 20.3. The fourth-order valence-corrected chi connectivity index (χ4v) is 2.04. The fraction of sp³-hybridized carbons (Fsp3) is 0.800. The van der Waals surface area contributed by atoms with E-state index in [4.69, 9.17) is 19.9 Å². The molecule has 0 saturated heterocycles. The van der Waals surface area contributed by atoms with Crippen LogP contribution in [0, 0.1) is 0 Å². The second-order valence-electron chi connectivity index (χ2n) is 4.95. The molecule has 0 aliphatic heterocycles. The van der Waals surface area contributed by atoms with E-state index in [9.17, 15) is 4.79 Å². The predicted molar refractivity (Wildman–Crippen MR) is 81.2 cm³/mol. The molecule has 0 saturated carbocycles. The first-order valence-electron chi connectivity index (χ1n) is 7.79. The monoisotopic (exact) mass is 300 g/mol. The van der Waals surface area contributed by atoms with Crippen LogP contribution in [0.15, 0.2) is 12.2 Å². The van der Waals surface area contributed by atoms with Crippen molar-refractivity contribution in [3.8, 4) is 0 Å². The van der Waals surface area contributed by atoms with Crippen molar-refractivity contribution in [1.29, 1.82) is 0 Å². The molecule has 0 aromatic heterocycles. The van der Waals surface area contributed by atoms with Crippen LogP contribution in [0.3, 0.4) is 0 Å². The second-order valence-corrected chi connectivity index (χ2v) is 4.95. The van der Waals surface area contributed by atoms with Crippen molar-refractivity contribution in [3.05, 3.63) is 12.2 Å². The molecule has 1 aliphatic rings. The highest BCUT2D eigenvalue weighted by Crippen LogP contribution is 2.14. The summed E-state index contributed by atoms with van der Waals surface area (Å²) in [5, 5.41) is 2.69. The van der Waals surface area contributed by atoms with E-state index in [1.54, 1.807) is 0 Å². The summed E-state index contributed by atoms with van der Waals surface area (Å²) in [5.74, 6) is 0. The molecule has 21 heavy (non-hydrogen) atoms. The number of ether oxygens (including phenoxy) is 3. The average Bonchev–Trinajstić information content (AvgIpc) is 2.44. The molecule has 6 nitrogen and oxygen atoms in total.